The molecule has 0 saturated heterocycles. The Hall–Kier alpha value is -1.87. The molecule has 0 unspecified atom stereocenters. The third-order valence-electron chi connectivity index (χ3n) is 2.89. The van der Waals surface area contributed by atoms with E-state index in [1.54, 1.807) is 4.68 Å². The number of hydrogen-bond donors (Lipinski definition) is 0. The first-order chi connectivity index (χ1) is 8.78. The lowest BCUT2D eigenvalue weighted by Gasteiger charge is -2.07. The maximum absolute atomic E-state index is 6.01. The van der Waals surface area contributed by atoms with Gasteiger partial charge in [0.25, 0.3) is 0 Å². The van der Waals surface area contributed by atoms with E-state index >= 15 is 0 Å². The molecule has 3 aromatic rings. The molecule has 18 heavy (non-hydrogen) atoms. The van der Waals surface area contributed by atoms with E-state index in [9.17, 15) is 0 Å². The van der Waals surface area contributed by atoms with Crippen LogP contribution in [-0.4, -0.2) is 14.8 Å². The summed E-state index contributed by atoms with van der Waals surface area (Å²) < 4.78 is 1.78. The molecule has 1 aromatic carbocycles. The Labute approximate surface area is 110 Å². The SMILES string of the molecule is Cc1ccn(-c2cc(CCl)c3ccccc3n2)n1. The van der Waals surface area contributed by atoms with Gasteiger partial charge in [-0.05, 0) is 30.7 Å². The number of pyridine rings is 1. The van der Waals surface area contributed by atoms with Crippen molar-refractivity contribution in [3.05, 3.63) is 53.9 Å². The minimum Gasteiger partial charge on any atom is -0.229 e. The average molecular weight is 258 g/mol. The van der Waals surface area contributed by atoms with Crippen LogP contribution in [0.3, 0.4) is 0 Å². The van der Waals surface area contributed by atoms with Crippen molar-refractivity contribution in [3.8, 4) is 5.82 Å². The van der Waals surface area contributed by atoms with Crippen LogP contribution in [-0.2, 0) is 5.88 Å². The average Bonchev–Trinajstić information content (AvgIpc) is 2.84. The van der Waals surface area contributed by atoms with Gasteiger partial charge in [-0.25, -0.2) is 9.67 Å². The Bertz CT molecular complexity index is 703. The fourth-order valence-electron chi connectivity index (χ4n) is 2.00. The van der Waals surface area contributed by atoms with Crippen molar-refractivity contribution in [1.82, 2.24) is 14.8 Å². The van der Waals surface area contributed by atoms with Gasteiger partial charge in [0.15, 0.2) is 5.82 Å². The van der Waals surface area contributed by atoms with Gasteiger partial charge in [0, 0.05) is 17.5 Å². The number of hydrogen-bond acceptors (Lipinski definition) is 2. The predicted octanol–water partition coefficient (Wildman–Crippen LogP) is 3.47. The molecule has 2 heterocycles. The van der Waals surface area contributed by atoms with Gasteiger partial charge in [-0.2, -0.15) is 5.10 Å². The zero-order valence-corrected chi connectivity index (χ0v) is 10.7. The second-order valence-electron chi connectivity index (χ2n) is 4.19. The second kappa shape index (κ2) is 4.42. The van der Waals surface area contributed by atoms with E-state index in [1.165, 1.54) is 0 Å². The smallest absolute Gasteiger partial charge is 0.154 e. The molecule has 90 valence electrons. The lowest BCUT2D eigenvalue weighted by molar-refractivity contribution is 0.836. The second-order valence-corrected chi connectivity index (χ2v) is 4.46. The van der Waals surface area contributed by atoms with E-state index in [1.807, 2.05) is 49.5 Å². The minimum atomic E-state index is 0.469. The van der Waals surface area contributed by atoms with Gasteiger partial charge in [-0.15, -0.1) is 11.6 Å². The molecule has 0 saturated carbocycles. The van der Waals surface area contributed by atoms with Crippen LogP contribution in [0, 0.1) is 6.92 Å². The third kappa shape index (κ3) is 1.87. The molecule has 0 amide bonds. The van der Waals surface area contributed by atoms with Crippen molar-refractivity contribution in [2.24, 2.45) is 0 Å². The summed E-state index contributed by atoms with van der Waals surface area (Å²) in [7, 11) is 0. The van der Waals surface area contributed by atoms with E-state index in [2.05, 4.69) is 10.1 Å². The zero-order valence-electron chi connectivity index (χ0n) is 9.97. The van der Waals surface area contributed by atoms with Gasteiger partial charge >= 0.3 is 0 Å². The molecule has 0 spiro atoms. The number of benzene rings is 1. The molecule has 2 aromatic heterocycles. The normalized spacial score (nSPS) is 11.0. The lowest BCUT2D eigenvalue weighted by Crippen LogP contribution is -2.00. The Balaban J connectivity index is 2.25. The van der Waals surface area contributed by atoms with Crippen LogP contribution in [0.2, 0.25) is 0 Å². The topological polar surface area (TPSA) is 30.7 Å². The Morgan fingerprint density at radius 3 is 2.78 bits per heavy atom. The molecule has 0 N–H and O–H groups in total. The molecular weight excluding hydrogens is 246 g/mol. The highest BCUT2D eigenvalue weighted by molar-refractivity contribution is 6.18. The van der Waals surface area contributed by atoms with Gasteiger partial charge in [-0.3, -0.25) is 0 Å². The van der Waals surface area contributed by atoms with Crippen LogP contribution in [0.5, 0.6) is 0 Å². The lowest BCUT2D eigenvalue weighted by atomic mass is 10.1. The number of aromatic nitrogens is 3. The van der Waals surface area contributed by atoms with Crippen molar-refractivity contribution in [3.63, 3.8) is 0 Å². The summed E-state index contributed by atoms with van der Waals surface area (Å²) in [4.78, 5) is 4.61. The molecule has 0 atom stereocenters. The number of nitrogens with zero attached hydrogens (tertiary/aromatic N) is 3. The predicted molar refractivity (Wildman–Crippen MR) is 73.2 cm³/mol. The van der Waals surface area contributed by atoms with Crippen LogP contribution in [0.1, 0.15) is 11.3 Å². The number of fused-ring (bicyclic) bond motifs is 1. The van der Waals surface area contributed by atoms with Crippen molar-refractivity contribution in [2.45, 2.75) is 12.8 Å². The molecule has 0 fully saturated rings. The van der Waals surface area contributed by atoms with Crippen LogP contribution in [0.15, 0.2) is 42.6 Å². The number of aryl methyl sites for hydroxylation is 1. The van der Waals surface area contributed by atoms with Gasteiger partial charge in [0.2, 0.25) is 0 Å². The fourth-order valence-corrected chi connectivity index (χ4v) is 2.22. The van der Waals surface area contributed by atoms with Crippen LogP contribution in [0.4, 0.5) is 0 Å². The summed E-state index contributed by atoms with van der Waals surface area (Å²) >= 11 is 6.01. The summed E-state index contributed by atoms with van der Waals surface area (Å²) in [6, 6.07) is 12.0. The Kier molecular flexibility index (Phi) is 2.76. The van der Waals surface area contributed by atoms with E-state index in [0.29, 0.717) is 5.88 Å². The molecular formula is C14H12ClN3. The van der Waals surface area contributed by atoms with Crippen LogP contribution >= 0.6 is 11.6 Å². The largest absolute Gasteiger partial charge is 0.229 e. The number of para-hydroxylation sites is 1. The molecule has 0 aliphatic carbocycles. The monoisotopic (exact) mass is 257 g/mol. The van der Waals surface area contributed by atoms with Gasteiger partial charge in [-0.1, -0.05) is 18.2 Å². The first-order valence-corrected chi connectivity index (χ1v) is 6.28. The highest BCUT2D eigenvalue weighted by Gasteiger charge is 2.06. The molecule has 3 rings (SSSR count). The summed E-state index contributed by atoms with van der Waals surface area (Å²) in [5.41, 5.74) is 2.99. The van der Waals surface area contributed by atoms with E-state index in [0.717, 1.165) is 28.0 Å². The van der Waals surface area contributed by atoms with E-state index in [4.69, 9.17) is 11.6 Å². The molecule has 0 radical (unpaired) electrons. The number of halogens is 1. The fraction of sp³-hybridized carbons (Fsp3) is 0.143. The Morgan fingerprint density at radius 2 is 2.06 bits per heavy atom. The highest BCUT2D eigenvalue weighted by Crippen LogP contribution is 2.21. The first-order valence-electron chi connectivity index (χ1n) is 5.75. The maximum Gasteiger partial charge on any atom is 0.154 e. The molecule has 0 bridgehead atoms. The molecule has 0 aliphatic heterocycles. The zero-order chi connectivity index (χ0) is 12.5. The van der Waals surface area contributed by atoms with Gasteiger partial charge in [0.05, 0.1) is 11.2 Å². The molecule has 4 heteroatoms. The van der Waals surface area contributed by atoms with E-state index in [-0.39, 0.29) is 0 Å². The van der Waals surface area contributed by atoms with Gasteiger partial charge in [0.1, 0.15) is 0 Å². The third-order valence-corrected chi connectivity index (χ3v) is 3.18. The van der Waals surface area contributed by atoms with Crippen LogP contribution in [0.25, 0.3) is 16.7 Å². The van der Waals surface area contributed by atoms with Crippen molar-refractivity contribution < 1.29 is 0 Å². The van der Waals surface area contributed by atoms with Crippen molar-refractivity contribution >= 4 is 22.5 Å². The van der Waals surface area contributed by atoms with Crippen LogP contribution < -0.4 is 0 Å². The van der Waals surface area contributed by atoms with Gasteiger partial charge < -0.3 is 0 Å². The minimum absolute atomic E-state index is 0.469. The highest BCUT2D eigenvalue weighted by atomic mass is 35.5. The Morgan fingerprint density at radius 1 is 1.22 bits per heavy atom. The quantitative estimate of drug-likeness (QED) is 0.658. The molecule has 0 aliphatic rings. The summed E-state index contributed by atoms with van der Waals surface area (Å²) in [6.45, 7) is 1.96. The summed E-state index contributed by atoms with van der Waals surface area (Å²) in [5.74, 6) is 1.27. The molecule has 3 nitrogen and oxygen atoms in total. The van der Waals surface area contributed by atoms with Crippen molar-refractivity contribution in [1.29, 1.82) is 0 Å². The standard InChI is InChI=1S/C14H12ClN3/c1-10-6-7-18(17-10)14-8-11(9-15)12-4-2-3-5-13(12)16-14/h2-8H,9H2,1H3. The summed E-state index contributed by atoms with van der Waals surface area (Å²) in [5, 5.41) is 5.47. The first kappa shape index (κ1) is 11.2. The van der Waals surface area contributed by atoms with E-state index < -0.39 is 0 Å². The number of alkyl halides is 1. The number of rotatable bonds is 2. The maximum atomic E-state index is 6.01. The summed E-state index contributed by atoms with van der Waals surface area (Å²) in [6.07, 6.45) is 1.91. The van der Waals surface area contributed by atoms with Crippen molar-refractivity contribution in [2.75, 3.05) is 0 Å².